The van der Waals surface area contributed by atoms with Gasteiger partial charge >= 0.3 is 5.97 Å². The van der Waals surface area contributed by atoms with Gasteiger partial charge in [0.05, 0.1) is 19.4 Å². The predicted octanol–water partition coefficient (Wildman–Crippen LogP) is -0.329. The molecule has 0 aromatic carbocycles. The number of hydrogen-bond acceptors (Lipinski definition) is 6. The largest absolute Gasteiger partial charge is 0.469 e. The number of aryl methyl sites for hydroxylation is 1. The Morgan fingerprint density at radius 3 is 2.89 bits per heavy atom. The first kappa shape index (κ1) is 15.6. The van der Waals surface area contributed by atoms with Gasteiger partial charge in [0.1, 0.15) is 12.2 Å². The topological polar surface area (TPSA) is 103 Å². The zero-order valence-corrected chi connectivity index (χ0v) is 11.8. The molecule has 0 aliphatic carbocycles. The molecule has 19 heavy (non-hydrogen) atoms. The molecular formula is C10H18N4O4S. The first-order chi connectivity index (χ1) is 8.98. The standard InChI is InChI=1S/C10H18N4O4S/c1-3-14-8-11-13-9(14)7-12-19(16,17)6-4-5-10(15)18-2/h8,12H,3-7H2,1-2H3. The Bertz CT molecular complexity index is 511. The van der Waals surface area contributed by atoms with Crippen LogP contribution in [0.2, 0.25) is 0 Å². The van der Waals surface area contributed by atoms with Crippen molar-refractivity contribution in [3.8, 4) is 0 Å². The van der Waals surface area contributed by atoms with E-state index < -0.39 is 16.0 Å². The van der Waals surface area contributed by atoms with Gasteiger partial charge < -0.3 is 9.30 Å². The fourth-order valence-corrected chi connectivity index (χ4v) is 2.45. The highest BCUT2D eigenvalue weighted by molar-refractivity contribution is 7.89. The molecule has 1 aromatic heterocycles. The quantitative estimate of drug-likeness (QED) is 0.658. The van der Waals surface area contributed by atoms with Crippen LogP contribution in [0.4, 0.5) is 0 Å². The first-order valence-electron chi connectivity index (χ1n) is 5.89. The lowest BCUT2D eigenvalue weighted by atomic mass is 10.3. The molecule has 1 aromatic rings. The number of esters is 1. The van der Waals surface area contributed by atoms with Gasteiger partial charge in [-0.15, -0.1) is 10.2 Å². The van der Waals surface area contributed by atoms with Crippen molar-refractivity contribution in [1.82, 2.24) is 19.5 Å². The maximum Gasteiger partial charge on any atom is 0.305 e. The number of ether oxygens (including phenoxy) is 1. The zero-order chi connectivity index (χ0) is 14.3. The van der Waals surface area contributed by atoms with Crippen LogP contribution < -0.4 is 4.72 Å². The molecule has 0 amide bonds. The molecule has 0 saturated heterocycles. The summed E-state index contributed by atoms with van der Waals surface area (Å²) < 4.78 is 32.0. The van der Waals surface area contributed by atoms with Gasteiger partial charge in [-0.2, -0.15) is 0 Å². The Labute approximate surface area is 112 Å². The summed E-state index contributed by atoms with van der Waals surface area (Å²) in [6.07, 6.45) is 1.85. The van der Waals surface area contributed by atoms with E-state index in [9.17, 15) is 13.2 Å². The van der Waals surface area contributed by atoms with Crippen LogP contribution in [0.3, 0.4) is 0 Å². The van der Waals surface area contributed by atoms with Crippen LogP contribution in [0.5, 0.6) is 0 Å². The monoisotopic (exact) mass is 290 g/mol. The van der Waals surface area contributed by atoms with E-state index in [1.807, 2.05) is 6.92 Å². The van der Waals surface area contributed by atoms with E-state index in [0.29, 0.717) is 12.4 Å². The van der Waals surface area contributed by atoms with Crippen molar-refractivity contribution >= 4 is 16.0 Å². The molecule has 0 fully saturated rings. The summed E-state index contributed by atoms with van der Waals surface area (Å²) in [6, 6.07) is 0. The summed E-state index contributed by atoms with van der Waals surface area (Å²) in [5, 5.41) is 7.53. The molecule has 1 heterocycles. The van der Waals surface area contributed by atoms with E-state index in [1.54, 1.807) is 10.9 Å². The van der Waals surface area contributed by atoms with Crippen molar-refractivity contribution < 1.29 is 17.9 Å². The molecule has 9 heteroatoms. The van der Waals surface area contributed by atoms with Gasteiger partial charge in [0.15, 0.2) is 0 Å². The summed E-state index contributed by atoms with van der Waals surface area (Å²) in [6.45, 7) is 2.68. The molecule has 108 valence electrons. The fourth-order valence-electron chi connectivity index (χ4n) is 1.44. The number of carbonyl (C=O) groups is 1. The third-order valence-corrected chi connectivity index (χ3v) is 3.92. The van der Waals surface area contributed by atoms with Crippen molar-refractivity contribution in [2.24, 2.45) is 0 Å². The molecule has 0 spiro atoms. The Morgan fingerprint density at radius 2 is 2.26 bits per heavy atom. The van der Waals surface area contributed by atoms with Gasteiger partial charge in [-0.3, -0.25) is 4.79 Å². The highest BCUT2D eigenvalue weighted by Crippen LogP contribution is 1.99. The lowest BCUT2D eigenvalue weighted by Crippen LogP contribution is -2.27. The average Bonchev–Trinajstić information content (AvgIpc) is 2.83. The minimum atomic E-state index is -3.43. The van der Waals surface area contributed by atoms with Crippen LogP contribution in [0.1, 0.15) is 25.6 Å². The third kappa shape index (κ3) is 5.35. The summed E-state index contributed by atoms with van der Waals surface area (Å²) >= 11 is 0. The van der Waals surface area contributed by atoms with Crippen molar-refractivity contribution in [2.75, 3.05) is 12.9 Å². The van der Waals surface area contributed by atoms with Crippen molar-refractivity contribution in [3.63, 3.8) is 0 Å². The summed E-state index contributed by atoms with van der Waals surface area (Å²) in [4.78, 5) is 10.9. The second-order valence-electron chi connectivity index (χ2n) is 3.85. The third-order valence-electron chi connectivity index (χ3n) is 2.51. The first-order valence-corrected chi connectivity index (χ1v) is 7.54. The molecule has 1 N–H and O–H groups in total. The van der Waals surface area contributed by atoms with E-state index >= 15 is 0 Å². The van der Waals surface area contributed by atoms with Gasteiger partial charge in [0.2, 0.25) is 10.0 Å². The number of nitrogens with one attached hydrogen (secondary N) is 1. The number of aromatic nitrogens is 3. The molecule has 0 aliphatic rings. The number of carbonyl (C=O) groups excluding carboxylic acids is 1. The normalized spacial score (nSPS) is 11.5. The summed E-state index contributed by atoms with van der Waals surface area (Å²) in [5.74, 6) is 0.0162. The number of hydrogen-bond donors (Lipinski definition) is 1. The van der Waals surface area contributed by atoms with E-state index in [1.165, 1.54) is 7.11 Å². The second-order valence-corrected chi connectivity index (χ2v) is 5.78. The zero-order valence-electron chi connectivity index (χ0n) is 11.0. The maximum absolute atomic E-state index is 11.7. The van der Waals surface area contributed by atoms with Gasteiger partial charge in [0.25, 0.3) is 0 Å². The maximum atomic E-state index is 11.7. The summed E-state index contributed by atoms with van der Waals surface area (Å²) in [5.41, 5.74) is 0. The molecule has 0 unspecified atom stereocenters. The Morgan fingerprint density at radius 1 is 1.53 bits per heavy atom. The van der Waals surface area contributed by atoms with Gasteiger partial charge in [-0.25, -0.2) is 13.1 Å². The number of sulfonamides is 1. The lowest BCUT2D eigenvalue weighted by molar-refractivity contribution is -0.140. The minimum Gasteiger partial charge on any atom is -0.469 e. The predicted molar refractivity (Wildman–Crippen MR) is 67.6 cm³/mol. The van der Waals surface area contributed by atoms with Crippen LogP contribution in [0.25, 0.3) is 0 Å². The molecule has 0 radical (unpaired) electrons. The highest BCUT2D eigenvalue weighted by atomic mass is 32.2. The van der Waals surface area contributed by atoms with Crippen LogP contribution in [0, 0.1) is 0 Å². The lowest BCUT2D eigenvalue weighted by Gasteiger charge is -2.06. The van der Waals surface area contributed by atoms with E-state index in [0.717, 1.165) is 0 Å². The van der Waals surface area contributed by atoms with Crippen LogP contribution in [-0.4, -0.2) is 42.0 Å². The van der Waals surface area contributed by atoms with Gasteiger partial charge in [-0.05, 0) is 13.3 Å². The molecule has 0 bridgehead atoms. The molecular weight excluding hydrogens is 272 g/mol. The van der Waals surface area contributed by atoms with Gasteiger partial charge in [-0.1, -0.05) is 0 Å². The van der Waals surface area contributed by atoms with Crippen molar-refractivity contribution in [2.45, 2.75) is 32.9 Å². The smallest absolute Gasteiger partial charge is 0.305 e. The fraction of sp³-hybridized carbons (Fsp3) is 0.700. The average molecular weight is 290 g/mol. The number of methoxy groups -OCH3 is 1. The van der Waals surface area contributed by atoms with Crippen LogP contribution in [0.15, 0.2) is 6.33 Å². The Balaban J connectivity index is 2.41. The Hall–Kier alpha value is -1.48. The Kier molecular flexibility index (Phi) is 5.90. The SMILES string of the molecule is CCn1cnnc1CNS(=O)(=O)CCCC(=O)OC. The highest BCUT2D eigenvalue weighted by Gasteiger charge is 2.13. The second kappa shape index (κ2) is 7.19. The molecule has 0 aliphatic heterocycles. The molecule has 8 nitrogen and oxygen atoms in total. The minimum absolute atomic E-state index is 0.0859. The van der Waals surface area contributed by atoms with E-state index in [4.69, 9.17) is 0 Å². The number of rotatable bonds is 8. The molecule has 0 atom stereocenters. The molecule has 1 rings (SSSR count). The van der Waals surface area contributed by atoms with E-state index in [-0.39, 0.29) is 25.1 Å². The van der Waals surface area contributed by atoms with Gasteiger partial charge in [0, 0.05) is 13.0 Å². The van der Waals surface area contributed by atoms with E-state index in [2.05, 4.69) is 19.7 Å². The number of nitrogens with zero attached hydrogens (tertiary/aromatic N) is 3. The van der Waals surface area contributed by atoms with Crippen molar-refractivity contribution in [1.29, 1.82) is 0 Å². The molecule has 0 saturated carbocycles. The van der Waals surface area contributed by atoms with Crippen LogP contribution in [-0.2, 0) is 32.6 Å². The summed E-state index contributed by atoms with van der Waals surface area (Å²) in [7, 11) is -2.15. The van der Waals surface area contributed by atoms with Crippen molar-refractivity contribution in [3.05, 3.63) is 12.2 Å². The van der Waals surface area contributed by atoms with Crippen LogP contribution >= 0.6 is 0 Å².